The quantitative estimate of drug-likeness (QED) is 0.679. The first-order chi connectivity index (χ1) is 14.2. The average Bonchev–Trinajstić information content (AvgIpc) is 3.47. The van der Waals surface area contributed by atoms with E-state index in [0.717, 1.165) is 5.56 Å². The Morgan fingerprint density at radius 3 is 2.59 bits per heavy atom. The van der Waals surface area contributed by atoms with Gasteiger partial charge in [-0.05, 0) is 41.0 Å². The van der Waals surface area contributed by atoms with Gasteiger partial charge in [0.05, 0.1) is 6.26 Å². The van der Waals surface area contributed by atoms with Crippen molar-refractivity contribution in [2.24, 2.45) is 0 Å². The highest BCUT2D eigenvalue weighted by atomic mass is 16.3. The molecule has 1 saturated heterocycles. The van der Waals surface area contributed by atoms with Crippen molar-refractivity contribution in [3.63, 3.8) is 0 Å². The Hall–Kier alpha value is -3.49. The maximum Gasteiger partial charge on any atom is 0.289 e. The number of benzene rings is 1. The fourth-order valence-corrected chi connectivity index (χ4v) is 3.54. The van der Waals surface area contributed by atoms with E-state index < -0.39 is 6.04 Å². The lowest BCUT2D eigenvalue weighted by Gasteiger charge is -2.32. The fraction of sp³-hybridized carbons (Fsp3) is 0.350. The van der Waals surface area contributed by atoms with Gasteiger partial charge in [0.1, 0.15) is 12.4 Å². The van der Waals surface area contributed by atoms with Crippen LogP contribution in [-0.4, -0.2) is 56.1 Å². The van der Waals surface area contributed by atoms with Crippen LogP contribution in [0.2, 0.25) is 0 Å². The summed E-state index contributed by atoms with van der Waals surface area (Å²) in [5.41, 5.74) is 1.03. The van der Waals surface area contributed by atoms with Crippen molar-refractivity contribution in [1.29, 1.82) is 0 Å². The van der Waals surface area contributed by atoms with Crippen molar-refractivity contribution in [2.45, 2.75) is 31.3 Å². The van der Waals surface area contributed by atoms with Gasteiger partial charge in [0.15, 0.2) is 5.76 Å². The third-order valence-electron chi connectivity index (χ3n) is 5.12. The highest BCUT2D eigenvalue weighted by Crippen LogP contribution is 2.17. The van der Waals surface area contributed by atoms with E-state index in [1.165, 1.54) is 17.3 Å². The number of likely N-dealkylation sites (tertiary alicyclic amines) is 1. The monoisotopic (exact) mass is 394 g/mol. The molecule has 0 unspecified atom stereocenters. The third-order valence-corrected chi connectivity index (χ3v) is 5.12. The SMILES string of the molecule is O=C(NC1CCN(C(=O)c2ccco2)CC1)[C@H](Cc1ccccc1)n1cnnn1. The van der Waals surface area contributed by atoms with E-state index in [-0.39, 0.29) is 17.9 Å². The van der Waals surface area contributed by atoms with Crippen molar-refractivity contribution >= 4 is 11.8 Å². The van der Waals surface area contributed by atoms with Crippen LogP contribution in [0.3, 0.4) is 0 Å². The zero-order chi connectivity index (χ0) is 20.1. The smallest absolute Gasteiger partial charge is 0.289 e. The molecule has 0 radical (unpaired) electrons. The lowest BCUT2D eigenvalue weighted by atomic mass is 10.0. The number of hydrogen-bond donors (Lipinski definition) is 1. The van der Waals surface area contributed by atoms with Gasteiger partial charge >= 0.3 is 0 Å². The van der Waals surface area contributed by atoms with E-state index in [9.17, 15) is 9.59 Å². The molecule has 1 N–H and O–H groups in total. The predicted molar refractivity (Wildman–Crippen MR) is 103 cm³/mol. The number of nitrogens with zero attached hydrogens (tertiary/aromatic N) is 5. The van der Waals surface area contributed by atoms with Gasteiger partial charge in [-0.2, -0.15) is 0 Å². The van der Waals surface area contributed by atoms with Gasteiger partial charge in [0.25, 0.3) is 5.91 Å². The summed E-state index contributed by atoms with van der Waals surface area (Å²) in [5, 5.41) is 14.4. The average molecular weight is 394 g/mol. The second kappa shape index (κ2) is 8.68. The largest absolute Gasteiger partial charge is 0.459 e. The number of aromatic nitrogens is 4. The molecule has 0 spiro atoms. The minimum absolute atomic E-state index is 0.00194. The molecular weight excluding hydrogens is 372 g/mol. The molecule has 0 aliphatic carbocycles. The Balaban J connectivity index is 1.36. The highest BCUT2D eigenvalue weighted by molar-refractivity contribution is 5.91. The minimum atomic E-state index is -0.532. The van der Waals surface area contributed by atoms with Crippen LogP contribution in [0.4, 0.5) is 0 Å². The molecule has 29 heavy (non-hydrogen) atoms. The van der Waals surface area contributed by atoms with Gasteiger partial charge in [-0.3, -0.25) is 9.59 Å². The number of rotatable bonds is 6. The molecule has 0 bridgehead atoms. The molecular formula is C20H22N6O3. The van der Waals surface area contributed by atoms with E-state index in [2.05, 4.69) is 20.8 Å². The Bertz CT molecular complexity index is 919. The van der Waals surface area contributed by atoms with Crippen molar-refractivity contribution < 1.29 is 14.0 Å². The van der Waals surface area contributed by atoms with E-state index in [4.69, 9.17) is 4.42 Å². The molecule has 3 heterocycles. The molecule has 1 aliphatic heterocycles. The zero-order valence-electron chi connectivity index (χ0n) is 15.8. The molecule has 2 aromatic heterocycles. The maximum atomic E-state index is 13.0. The third kappa shape index (κ3) is 4.50. The van der Waals surface area contributed by atoms with Crippen molar-refractivity contribution in [1.82, 2.24) is 30.4 Å². The fourth-order valence-electron chi connectivity index (χ4n) is 3.54. The standard InChI is InChI=1S/C20H22N6O3/c27-19(17(26-14-21-23-24-26)13-15-5-2-1-3-6-15)22-16-8-10-25(11-9-16)20(28)18-7-4-12-29-18/h1-7,12,14,16-17H,8-11,13H2,(H,22,27)/t17-/m0/s1. The summed E-state index contributed by atoms with van der Waals surface area (Å²) in [4.78, 5) is 27.1. The van der Waals surface area contributed by atoms with Crippen LogP contribution in [0.25, 0.3) is 0 Å². The molecule has 150 valence electrons. The van der Waals surface area contributed by atoms with Gasteiger partial charge in [0.2, 0.25) is 5.91 Å². The first kappa shape index (κ1) is 18.9. The van der Waals surface area contributed by atoms with Crippen LogP contribution in [0, 0.1) is 0 Å². The number of furan rings is 1. The molecule has 2 amide bonds. The van der Waals surface area contributed by atoms with Crippen LogP contribution in [0.15, 0.2) is 59.5 Å². The van der Waals surface area contributed by atoms with Gasteiger partial charge in [-0.15, -0.1) is 5.10 Å². The molecule has 1 aliphatic rings. The van der Waals surface area contributed by atoms with Crippen molar-refractivity contribution in [3.8, 4) is 0 Å². The van der Waals surface area contributed by atoms with E-state index in [1.807, 2.05) is 30.3 Å². The van der Waals surface area contributed by atoms with Gasteiger partial charge in [0, 0.05) is 25.6 Å². The van der Waals surface area contributed by atoms with Crippen LogP contribution in [-0.2, 0) is 11.2 Å². The second-order valence-corrected chi connectivity index (χ2v) is 7.05. The number of tetrazole rings is 1. The van der Waals surface area contributed by atoms with Gasteiger partial charge in [-0.1, -0.05) is 30.3 Å². The lowest BCUT2D eigenvalue weighted by molar-refractivity contribution is -0.125. The Kier molecular flexibility index (Phi) is 5.64. The topological polar surface area (TPSA) is 106 Å². The second-order valence-electron chi connectivity index (χ2n) is 7.05. The number of amides is 2. The number of piperidine rings is 1. The minimum Gasteiger partial charge on any atom is -0.459 e. The van der Waals surface area contributed by atoms with E-state index in [1.54, 1.807) is 17.0 Å². The predicted octanol–water partition coefficient (Wildman–Crippen LogP) is 1.47. The number of nitrogens with one attached hydrogen (secondary N) is 1. The Morgan fingerprint density at radius 1 is 1.14 bits per heavy atom. The van der Waals surface area contributed by atoms with E-state index >= 15 is 0 Å². The summed E-state index contributed by atoms with van der Waals surface area (Å²) >= 11 is 0. The Labute approximate surface area is 167 Å². The molecule has 1 fully saturated rings. The summed E-state index contributed by atoms with van der Waals surface area (Å²) in [7, 11) is 0. The number of carbonyl (C=O) groups is 2. The number of hydrogen-bond acceptors (Lipinski definition) is 6. The normalized spacial score (nSPS) is 15.8. The summed E-state index contributed by atoms with van der Waals surface area (Å²) < 4.78 is 6.67. The first-order valence-corrected chi connectivity index (χ1v) is 9.60. The van der Waals surface area contributed by atoms with Gasteiger partial charge < -0.3 is 14.6 Å². The summed E-state index contributed by atoms with van der Waals surface area (Å²) in [6, 6.07) is 12.6. The molecule has 1 atom stereocenters. The van der Waals surface area contributed by atoms with Crippen molar-refractivity contribution in [3.05, 3.63) is 66.4 Å². The molecule has 1 aromatic carbocycles. The van der Waals surface area contributed by atoms with Crippen LogP contribution in [0.5, 0.6) is 0 Å². The zero-order valence-corrected chi connectivity index (χ0v) is 15.8. The summed E-state index contributed by atoms with van der Waals surface area (Å²) in [6.07, 6.45) is 4.81. The highest BCUT2D eigenvalue weighted by Gasteiger charge is 2.29. The lowest BCUT2D eigenvalue weighted by Crippen LogP contribution is -2.48. The van der Waals surface area contributed by atoms with E-state index in [0.29, 0.717) is 38.1 Å². The first-order valence-electron chi connectivity index (χ1n) is 9.60. The molecule has 0 saturated carbocycles. The maximum absolute atomic E-state index is 13.0. The molecule has 4 rings (SSSR count). The summed E-state index contributed by atoms with van der Waals surface area (Å²) in [6.45, 7) is 1.14. The molecule has 9 nitrogen and oxygen atoms in total. The molecule has 9 heteroatoms. The van der Waals surface area contributed by atoms with Crippen molar-refractivity contribution in [2.75, 3.05) is 13.1 Å². The Morgan fingerprint density at radius 2 is 1.93 bits per heavy atom. The van der Waals surface area contributed by atoms with Gasteiger partial charge in [-0.25, -0.2) is 4.68 Å². The summed E-state index contributed by atoms with van der Waals surface area (Å²) in [5.74, 6) is 0.0986. The van der Waals surface area contributed by atoms with Crippen LogP contribution >= 0.6 is 0 Å². The van der Waals surface area contributed by atoms with Crippen LogP contribution < -0.4 is 5.32 Å². The van der Waals surface area contributed by atoms with Crippen LogP contribution in [0.1, 0.15) is 35.0 Å². The number of carbonyl (C=O) groups excluding carboxylic acids is 2. The molecule has 3 aromatic rings.